The number of pyridine rings is 1. The van der Waals surface area contributed by atoms with E-state index in [0.717, 1.165) is 36.6 Å². The minimum absolute atomic E-state index is 0.0392. The maximum absolute atomic E-state index is 12.1. The van der Waals surface area contributed by atoms with Crippen LogP contribution >= 0.6 is 0 Å². The van der Waals surface area contributed by atoms with Crippen LogP contribution in [0.1, 0.15) is 37.7 Å². The molecular formula is C19H24N2O3. The van der Waals surface area contributed by atoms with E-state index in [-0.39, 0.29) is 17.6 Å². The average Bonchev–Trinajstić information content (AvgIpc) is 2.58. The lowest BCUT2D eigenvalue weighted by molar-refractivity contribution is -0.121. The first-order chi connectivity index (χ1) is 11.6. The lowest BCUT2D eigenvalue weighted by atomic mass is 9.87. The Labute approximate surface area is 141 Å². The van der Waals surface area contributed by atoms with Crippen LogP contribution in [0.2, 0.25) is 0 Å². The van der Waals surface area contributed by atoms with E-state index in [1.807, 2.05) is 30.3 Å². The number of para-hydroxylation sites is 1. The Morgan fingerprint density at radius 1 is 1.29 bits per heavy atom. The number of aromatic amines is 1. The minimum atomic E-state index is -0.225. The van der Waals surface area contributed by atoms with Gasteiger partial charge in [-0.3, -0.25) is 9.59 Å². The molecule has 0 bridgehead atoms. The summed E-state index contributed by atoms with van der Waals surface area (Å²) in [7, 11) is 0. The summed E-state index contributed by atoms with van der Waals surface area (Å²) in [4.78, 5) is 27.0. The number of H-pyrrole nitrogens is 1. The van der Waals surface area contributed by atoms with E-state index < -0.39 is 0 Å². The van der Waals surface area contributed by atoms with Gasteiger partial charge >= 0.3 is 0 Å². The van der Waals surface area contributed by atoms with E-state index in [1.54, 1.807) is 0 Å². The van der Waals surface area contributed by atoms with Crippen molar-refractivity contribution in [3.05, 3.63) is 46.2 Å². The maximum Gasteiger partial charge on any atom is 0.251 e. The van der Waals surface area contributed by atoms with Gasteiger partial charge in [0, 0.05) is 24.0 Å². The van der Waals surface area contributed by atoms with Crippen molar-refractivity contribution in [3.63, 3.8) is 0 Å². The van der Waals surface area contributed by atoms with Crippen molar-refractivity contribution in [1.29, 1.82) is 0 Å². The summed E-state index contributed by atoms with van der Waals surface area (Å²) in [5, 5.41) is 13.6. The van der Waals surface area contributed by atoms with Crippen molar-refractivity contribution < 1.29 is 9.90 Å². The van der Waals surface area contributed by atoms with E-state index in [9.17, 15) is 14.7 Å². The highest BCUT2D eigenvalue weighted by molar-refractivity contribution is 5.79. The smallest absolute Gasteiger partial charge is 0.251 e. The summed E-state index contributed by atoms with van der Waals surface area (Å²) in [6.07, 6.45) is 4.22. The van der Waals surface area contributed by atoms with Crippen LogP contribution in [0.5, 0.6) is 0 Å². The molecule has 1 saturated carbocycles. The maximum atomic E-state index is 12.1. The summed E-state index contributed by atoms with van der Waals surface area (Å²) in [5.74, 6) is 0.324. The van der Waals surface area contributed by atoms with E-state index in [1.165, 1.54) is 0 Å². The summed E-state index contributed by atoms with van der Waals surface area (Å²) in [6.45, 7) is 0.615. The summed E-state index contributed by atoms with van der Waals surface area (Å²) in [6, 6.07) is 9.48. The van der Waals surface area contributed by atoms with Crippen molar-refractivity contribution in [3.8, 4) is 0 Å². The van der Waals surface area contributed by atoms with Crippen LogP contribution in [-0.4, -0.2) is 28.6 Å². The van der Waals surface area contributed by atoms with Gasteiger partial charge < -0.3 is 15.4 Å². The lowest BCUT2D eigenvalue weighted by Crippen LogP contribution is -2.33. The zero-order valence-electron chi connectivity index (χ0n) is 13.8. The predicted molar refractivity (Wildman–Crippen MR) is 93.9 cm³/mol. The van der Waals surface area contributed by atoms with Crippen LogP contribution in [0.25, 0.3) is 10.9 Å². The fourth-order valence-corrected chi connectivity index (χ4v) is 3.42. The number of aliphatic hydroxyl groups is 1. The monoisotopic (exact) mass is 328 g/mol. The van der Waals surface area contributed by atoms with Gasteiger partial charge in [-0.1, -0.05) is 24.6 Å². The SMILES string of the molecule is O=C(CCc1cc2ccccc2[nH]c1=O)NCC1CCCC(O)C1. The normalized spacial score (nSPS) is 20.9. The number of hydrogen-bond acceptors (Lipinski definition) is 3. The number of aromatic nitrogens is 1. The van der Waals surface area contributed by atoms with Gasteiger partial charge in [0.25, 0.3) is 5.56 Å². The molecule has 3 N–H and O–H groups in total. The molecule has 1 amide bonds. The second-order valence-electron chi connectivity index (χ2n) is 6.70. The standard InChI is InChI=1S/C19H24N2O3/c22-16-6-3-4-13(10-16)12-20-18(23)9-8-15-11-14-5-1-2-7-17(14)21-19(15)24/h1-2,5,7,11,13,16,22H,3-4,6,8-10,12H2,(H,20,23)(H,21,24). The molecule has 1 aliphatic carbocycles. The summed E-state index contributed by atoms with van der Waals surface area (Å²) in [5.41, 5.74) is 1.32. The first-order valence-corrected chi connectivity index (χ1v) is 8.67. The molecule has 5 nitrogen and oxygen atoms in total. The van der Waals surface area contributed by atoms with Crippen molar-refractivity contribution in [1.82, 2.24) is 10.3 Å². The van der Waals surface area contributed by atoms with E-state index in [0.29, 0.717) is 30.9 Å². The first-order valence-electron chi connectivity index (χ1n) is 8.67. The van der Waals surface area contributed by atoms with Gasteiger partial charge in [0.1, 0.15) is 0 Å². The minimum Gasteiger partial charge on any atom is -0.393 e. The summed E-state index contributed by atoms with van der Waals surface area (Å²) >= 11 is 0. The van der Waals surface area contributed by atoms with Crippen LogP contribution in [-0.2, 0) is 11.2 Å². The molecule has 1 aliphatic rings. The van der Waals surface area contributed by atoms with Crippen molar-refractivity contribution >= 4 is 16.8 Å². The highest BCUT2D eigenvalue weighted by atomic mass is 16.3. The number of amides is 1. The summed E-state index contributed by atoms with van der Waals surface area (Å²) < 4.78 is 0. The lowest BCUT2D eigenvalue weighted by Gasteiger charge is -2.25. The molecule has 0 radical (unpaired) electrons. The molecular weight excluding hydrogens is 304 g/mol. The third-order valence-electron chi connectivity index (χ3n) is 4.79. The molecule has 0 aliphatic heterocycles. The number of fused-ring (bicyclic) bond motifs is 1. The Kier molecular flexibility index (Phi) is 5.30. The average molecular weight is 328 g/mol. The second kappa shape index (κ2) is 7.62. The van der Waals surface area contributed by atoms with Crippen LogP contribution < -0.4 is 10.9 Å². The van der Waals surface area contributed by atoms with Gasteiger partial charge in [0.2, 0.25) is 5.91 Å². The molecule has 2 atom stereocenters. The zero-order valence-corrected chi connectivity index (χ0v) is 13.8. The fourth-order valence-electron chi connectivity index (χ4n) is 3.42. The van der Waals surface area contributed by atoms with Crippen molar-refractivity contribution in [2.75, 3.05) is 6.54 Å². The van der Waals surface area contributed by atoms with Gasteiger partial charge in [-0.15, -0.1) is 0 Å². The first kappa shape index (κ1) is 16.7. The number of benzene rings is 1. The quantitative estimate of drug-likeness (QED) is 0.786. The predicted octanol–water partition coefficient (Wildman–Crippen LogP) is 2.13. The number of rotatable bonds is 5. The van der Waals surface area contributed by atoms with Crippen LogP contribution in [0.4, 0.5) is 0 Å². The zero-order chi connectivity index (χ0) is 16.9. The van der Waals surface area contributed by atoms with E-state index in [2.05, 4.69) is 10.3 Å². The number of hydrogen-bond donors (Lipinski definition) is 3. The largest absolute Gasteiger partial charge is 0.393 e. The third-order valence-corrected chi connectivity index (χ3v) is 4.79. The number of aryl methyl sites for hydroxylation is 1. The molecule has 24 heavy (non-hydrogen) atoms. The van der Waals surface area contributed by atoms with E-state index in [4.69, 9.17) is 0 Å². The van der Waals surface area contributed by atoms with Crippen LogP contribution in [0.3, 0.4) is 0 Å². The van der Waals surface area contributed by atoms with Crippen molar-refractivity contribution in [2.45, 2.75) is 44.6 Å². The number of carbonyl (C=O) groups is 1. The fraction of sp³-hybridized carbons (Fsp3) is 0.474. The molecule has 5 heteroatoms. The van der Waals surface area contributed by atoms with Gasteiger partial charge in [-0.25, -0.2) is 0 Å². The van der Waals surface area contributed by atoms with Gasteiger partial charge in [0.15, 0.2) is 0 Å². The molecule has 1 fully saturated rings. The van der Waals surface area contributed by atoms with Gasteiger partial charge in [-0.2, -0.15) is 0 Å². The highest BCUT2D eigenvalue weighted by Gasteiger charge is 2.20. The van der Waals surface area contributed by atoms with Crippen LogP contribution in [0, 0.1) is 5.92 Å². The second-order valence-corrected chi connectivity index (χ2v) is 6.70. The number of nitrogens with one attached hydrogen (secondary N) is 2. The van der Waals surface area contributed by atoms with Gasteiger partial charge in [0.05, 0.1) is 6.10 Å². The Hall–Kier alpha value is -2.14. The Bertz CT molecular complexity index is 769. The Balaban J connectivity index is 1.52. The molecule has 128 valence electrons. The molecule has 2 unspecified atom stereocenters. The molecule has 1 heterocycles. The molecule has 1 aromatic carbocycles. The molecule has 0 spiro atoms. The van der Waals surface area contributed by atoms with Crippen LogP contribution in [0.15, 0.2) is 35.1 Å². The molecule has 2 aromatic rings. The van der Waals surface area contributed by atoms with E-state index >= 15 is 0 Å². The topological polar surface area (TPSA) is 82.2 Å². The third kappa shape index (κ3) is 4.23. The van der Waals surface area contributed by atoms with Gasteiger partial charge in [-0.05, 0) is 49.1 Å². The number of carbonyl (C=O) groups excluding carboxylic acids is 1. The molecule has 3 rings (SSSR count). The molecule has 1 aromatic heterocycles. The highest BCUT2D eigenvalue weighted by Crippen LogP contribution is 2.23. The molecule has 0 saturated heterocycles. The Morgan fingerprint density at radius 2 is 2.12 bits per heavy atom. The van der Waals surface area contributed by atoms with Crippen molar-refractivity contribution in [2.24, 2.45) is 5.92 Å². The Morgan fingerprint density at radius 3 is 2.96 bits per heavy atom. The number of aliphatic hydroxyl groups excluding tert-OH is 1.